The summed E-state index contributed by atoms with van der Waals surface area (Å²) < 4.78 is 0. The molecule has 1 unspecified atom stereocenters. The molecular formula is C14H15N3O2S. The van der Waals surface area contributed by atoms with E-state index < -0.39 is 0 Å². The van der Waals surface area contributed by atoms with Crippen LogP contribution in [0, 0.1) is 18.8 Å². The quantitative estimate of drug-likeness (QED) is 0.751. The van der Waals surface area contributed by atoms with Crippen molar-refractivity contribution >= 4 is 17.2 Å². The molecule has 0 saturated heterocycles. The van der Waals surface area contributed by atoms with E-state index in [-0.39, 0.29) is 18.6 Å². The molecule has 0 spiro atoms. The second-order valence-electron chi connectivity index (χ2n) is 4.25. The molecule has 2 heterocycles. The van der Waals surface area contributed by atoms with Crippen LogP contribution < -0.4 is 5.32 Å². The number of thiophene rings is 1. The summed E-state index contributed by atoms with van der Waals surface area (Å²) in [5, 5.41) is 11.6. The third-order valence-electron chi connectivity index (χ3n) is 2.70. The second kappa shape index (κ2) is 6.37. The van der Waals surface area contributed by atoms with Crippen molar-refractivity contribution < 1.29 is 9.90 Å². The third-order valence-corrected chi connectivity index (χ3v) is 3.85. The number of nitrogens with one attached hydrogen (secondary N) is 2. The van der Waals surface area contributed by atoms with E-state index in [2.05, 4.69) is 27.1 Å². The molecule has 2 rings (SSSR count). The molecule has 1 atom stereocenters. The molecule has 2 aromatic rings. The first-order valence-corrected chi connectivity index (χ1v) is 6.93. The zero-order chi connectivity index (χ0) is 14.5. The van der Waals surface area contributed by atoms with Gasteiger partial charge in [0.05, 0.1) is 15.8 Å². The van der Waals surface area contributed by atoms with Crippen molar-refractivity contribution in [1.29, 1.82) is 0 Å². The predicted molar refractivity (Wildman–Crippen MR) is 77.5 cm³/mol. The number of hydrogen-bond acceptors (Lipinski definition) is 4. The number of nitrogens with zero attached hydrogens (tertiary/aromatic N) is 1. The number of hydrogen-bond donors (Lipinski definition) is 3. The maximum atomic E-state index is 12.1. The summed E-state index contributed by atoms with van der Waals surface area (Å²) in [4.78, 5) is 20.6. The van der Waals surface area contributed by atoms with Gasteiger partial charge >= 0.3 is 0 Å². The molecule has 0 bridgehead atoms. The smallest absolute Gasteiger partial charge is 0.261 e. The van der Waals surface area contributed by atoms with Crippen molar-refractivity contribution in [3.63, 3.8) is 0 Å². The molecule has 0 fully saturated rings. The summed E-state index contributed by atoms with van der Waals surface area (Å²) in [6, 6.07) is 1.61. The first-order chi connectivity index (χ1) is 9.61. The SMILES string of the molecule is Cc1cc(C(=O)NC(C)c2ncc[nH]2)sc1C#CCO. The van der Waals surface area contributed by atoms with Gasteiger partial charge in [0.2, 0.25) is 0 Å². The van der Waals surface area contributed by atoms with Crippen LogP contribution >= 0.6 is 11.3 Å². The van der Waals surface area contributed by atoms with Crippen LogP contribution in [0.3, 0.4) is 0 Å². The van der Waals surface area contributed by atoms with E-state index in [1.165, 1.54) is 11.3 Å². The number of aliphatic hydroxyl groups is 1. The first-order valence-electron chi connectivity index (χ1n) is 6.12. The normalized spacial score (nSPS) is 11.6. The molecular weight excluding hydrogens is 274 g/mol. The number of amides is 1. The van der Waals surface area contributed by atoms with Crippen LogP contribution in [-0.4, -0.2) is 27.6 Å². The Labute approximate surface area is 121 Å². The highest BCUT2D eigenvalue weighted by Crippen LogP contribution is 2.21. The molecule has 1 amide bonds. The maximum Gasteiger partial charge on any atom is 0.261 e. The van der Waals surface area contributed by atoms with Crippen LogP contribution in [0.25, 0.3) is 0 Å². The van der Waals surface area contributed by atoms with Gasteiger partial charge in [-0.05, 0) is 25.5 Å². The maximum absolute atomic E-state index is 12.1. The van der Waals surface area contributed by atoms with E-state index >= 15 is 0 Å². The van der Waals surface area contributed by atoms with Crippen LogP contribution in [0.2, 0.25) is 0 Å². The highest BCUT2D eigenvalue weighted by molar-refractivity contribution is 7.14. The first kappa shape index (κ1) is 14.3. The number of rotatable bonds is 3. The summed E-state index contributed by atoms with van der Waals surface area (Å²) in [6.45, 7) is 3.57. The number of aliphatic hydroxyl groups excluding tert-OH is 1. The Morgan fingerprint density at radius 1 is 1.65 bits per heavy atom. The van der Waals surface area contributed by atoms with E-state index in [0.717, 1.165) is 10.4 Å². The van der Waals surface area contributed by atoms with Gasteiger partial charge in [0.25, 0.3) is 5.91 Å². The molecule has 5 nitrogen and oxygen atoms in total. The molecule has 3 N–H and O–H groups in total. The van der Waals surface area contributed by atoms with Crippen molar-refractivity contribution in [2.45, 2.75) is 19.9 Å². The number of carbonyl (C=O) groups is 1. The molecule has 6 heteroatoms. The topological polar surface area (TPSA) is 78.0 Å². The van der Waals surface area contributed by atoms with Crippen molar-refractivity contribution in [3.05, 3.63) is 39.6 Å². The van der Waals surface area contributed by atoms with Gasteiger partial charge in [-0.3, -0.25) is 4.79 Å². The van der Waals surface area contributed by atoms with Crippen molar-refractivity contribution in [2.24, 2.45) is 0 Å². The molecule has 20 heavy (non-hydrogen) atoms. The van der Waals surface area contributed by atoms with E-state index in [0.29, 0.717) is 10.7 Å². The Bertz CT molecular complexity index is 650. The third kappa shape index (κ3) is 3.26. The second-order valence-corrected chi connectivity index (χ2v) is 5.30. The largest absolute Gasteiger partial charge is 0.384 e. The Kier molecular flexibility index (Phi) is 4.56. The van der Waals surface area contributed by atoms with Crippen LogP contribution in [0.15, 0.2) is 18.5 Å². The summed E-state index contributed by atoms with van der Waals surface area (Å²) in [5.74, 6) is 5.99. The van der Waals surface area contributed by atoms with Crippen molar-refractivity contribution in [1.82, 2.24) is 15.3 Å². The summed E-state index contributed by atoms with van der Waals surface area (Å²) in [5.41, 5.74) is 0.937. The standard InChI is InChI=1S/C14H15N3O2S/c1-9-8-12(20-11(9)4-3-7-18)14(19)17-10(2)13-15-5-6-16-13/h5-6,8,10,18H,7H2,1-2H3,(H,15,16)(H,17,19). The van der Waals surface area contributed by atoms with Gasteiger partial charge in [-0.25, -0.2) is 4.98 Å². The molecule has 0 aliphatic rings. The Morgan fingerprint density at radius 3 is 3.10 bits per heavy atom. The minimum Gasteiger partial charge on any atom is -0.384 e. The van der Waals surface area contributed by atoms with Gasteiger partial charge < -0.3 is 15.4 Å². The predicted octanol–water partition coefficient (Wildman–Crippen LogP) is 1.61. The average Bonchev–Trinajstić information content (AvgIpc) is 3.06. The Balaban J connectivity index is 2.10. The van der Waals surface area contributed by atoms with Crippen molar-refractivity contribution in [3.8, 4) is 11.8 Å². The van der Waals surface area contributed by atoms with Gasteiger partial charge in [0.1, 0.15) is 12.4 Å². The van der Waals surface area contributed by atoms with Crippen molar-refractivity contribution in [2.75, 3.05) is 6.61 Å². The zero-order valence-electron chi connectivity index (χ0n) is 11.2. The summed E-state index contributed by atoms with van der Waals surface area (Å²) in [6.07, 6.45) is 3.37. The lowest BCUT2D eigenvalue weighted by Crippen LogP contribution is -2.26. The van der Waals surface area contributed by atoms with Crippen LogP contribution in [0.1, 0.15) is 38.9 Å². The van der Waals surface area contributed by atoms with E-state index in [1.54, 1.807) is 18.5 Å². The minimum atomic E-state index is -0.188. The number of aryl methyl sites for hydroxylation is 1. The molecule has 0 radical (unpaired) electrons. The summed E-state index contributed by atoms with van der Waals surface area (Å²) >= 11 is 1.32. The van der Waals surface area contributed by atoms with Gasteiger partial charge in [-0.15, -0.1) is 11.3 Å². The molecule has 0 saturated carbocycles. The fourth-order valence-electron chi connectivity index (χ4n) is 1.69. The number of imidazole rings is 1. The van der Waals surface area contributed by atoms with E-state index in [1.807, 2.05) is 13.8 Å². The molecule has 2 aromatic heterocycles. The fraction of sp³-hybridized carbons (Fsp3) is 0.286. The highest BCUT2D eigenvalue weighted by atomic mass is 32.1. The monoisotopic (exact) mass is 289 g/mol. The lowest BCUT2D eigenvalue weighted by atomic mass is 10.2. The van der Waals surface area contributed by atoms with E-state index in [9.17, 15) is 4.79 Å². The fourth-order valence-corrected chi connectivity index (χ4v) is 2.64. The lowest BCUT2D eigenvalue weighted by Gasteiger charge is -2.10. The van der Waals surface area contributed by atoms with Gasteiger partial charge in [0, 0.05) is 12.4 Å². The Hall–Kier alpha value is -2.10. The Morgan fingerprint density at radius 2 is 2.45 bits per heavy atom. The van der Waals surface area contributed by atoms with E-state index in [4.69, 9.17) is 5.11 Å². The summed E-state index contributed by atoms with van der Waals surface area (Å²) in [7, 11) is 0. The van der Waals surface area contributed by atoms with Gasteiger partial charge in [-0.2, -0.15) is 0 Å². The van der Waals surface area contributed by atoms with Crippen LogP contribution in [-0.2, 0) is 0 Å². The number of aromatic amines is 1. The highest BCUT2D eigenvalue weighted by Gasteiger charge is 2.15. The number of H-pyrrole nitrogens is 1. The average molecular weight is 289 g/mol. The van der Waals surface area contributed by atoms with Gasteiger partial charge in [0.15, 0.2) is 0 Å². The molecule has 104 valence electrons. The molecule has 0 aliphatic heterocycles. The lowest BCUT2D eigenvalue weighted by molar-refractivity contribution is 0.0942. The molecule has 0 aliphatic carbocycles. The molecule has 0 aromatic carbocycles. The van der Waals surface area contributed by atoms with Crippen LogP contribution in [0.4, 0.5) is 0 Å². The number of aromatic nitrogens is 2. The van der Waals surface area contributed by atoms with Crippen LogP contribution in [0.5, 0.6) is 0 Å². The minimum absolute atomic E-state index is 0.154. The number of carbonyl (C=O) groups excluding carboxylic acids is 1. The zero-order valence-corrected chi connectivity index (χ0v) is 12.0. The van der Waals surface area contributed by atoms with Gasteiger partial charge in [-0.1, -0.05) is 11.8 Å².